The molecular weight excluding hydrogens is 557 g/mol. The fourth-order valence-corrected chi connectivity index (χ4v) is 4.77. The molecule has 0 aliphatic rings. The Morgan fingerprint density at radius 3 is 2.49 bits per heavy atom. The van der Waals surface area contributed by atoms with E-state index in [1.807, 2.05) is 19.1 Å². The lowest BCUT2D eigenvalue weighted by Gasteiger charge is -2.11. The highest BCUT2D eigenvalue weighted by Gasteiger charge is 2.31. The zero-order valence-corrected chi connectivity index (χ0v) is 22.9. The van der Waals surface area contributed by atoms with Gasteiger partial charge in [0.15, 0.2) is 0 Å². The highest BCUT2D eigenvalue weighted by Crippen LogP contribution is 2.24. The molecule has 0 radical (unpaired) electrons. The summed E-state index contributed by atoms with van der Waals surface area (Å²) in [4.78, 5) is 33.2. The van der Waals surface area contributed by atoms with E-state index in [1.165, 1.54) is 29.5 Å². The molecular formula is C28H27F3N6O3S. The second-order valence-corrected chi connectivity index (χ2v) is 10.2. The van der Waals surface area contributed by atoms with Gasteiger partial charge in [0.05, 0.1) is 12.8 Å². The molecule has 0 saturated carbocycles. The first kappa shape index (κ1) is 29.6. The van der Waals surface area contributed by atoms with Crippen LogP contribution in [0.15, 0.2) is 60.8 Å². The maximum Gasteiger partial charge on any atom is 0.573 e. The second kappa shape index (κ2) is 13.8. The number of nitrogens with one attached hydrogen (secondary N) is 2. The second-order valence-electron chi connectivity index (χ2n) is 9.12. The minimum Gasteiger partial charge on any atom is -0.406 e. The summed E-state index contributed by atoms with van der Waals surface area (Å²) < 4.78 is 41.2. The Hall–Kier alpha value is -4.39. The fourth-order valence-electron chi connectivity index (χ4n) is 3.98. The van der Waals surface area contributed by atoms with Crippen LogP contribution in [-0.4, -0.2) is 38.3 Å². The standard InChI is InChI=1S/C28H27F3N6O3S/c1-18-20(8-2-3-11-26-36-37-27(41-26)35-25(39)17-21-9-4-5-14-32-21)12-13-23(33-18)34-24(38)16-19-7-6-10-22(15-19)40-28(29,30)31/h4-7,9-10,12-15H,2-3,8,11,16-17H2,1H3,(H,33,34,38)(H,35,37,39). The van der Waals surface area contributed by atoms with Gasteiger partial charge in [-0.2, -0.15) is 0 Å². The van der Waals surface area contributed by atoms with Gasteiger partial charge in [0, 0.05) is 24.0 Å². The summed E-state index contributed by atoms with van der Waals surface area (Å²) in [7, 11) is 0. The van der Waals surface area contributed by atoms with Gasteiger partial charge in [0.2, 0.25) is 16.9 Å². The highest BCUT2D eigenvalue weighted by atomic mass is 32.1. The number of anilines is 2. The van der Waals surface area contributed by atoms with E-state index in [0.717, 1.165) is 41.9 Å². The molecule has 0 fully saturated rings. The smallest absolute Gasteiger partial charge is 0.406 e. The number of benzene rings is 1. The molecule has 0 saturated heterocycles. The van der Waals surface area contributed by atoms with Crippen molar-refractivity contribution in [1.29, 1.82) is 0 Å². The van der Waals surface area contributed by atoms with Crippen LogP contribution in [0.2, 0.25) is 0 Å². The van der Waals surface area contributed by atoms with Gasteiger partial charge >= 0.3 is 6.36 Å². The Morgan fingerprint density at radius 1 is 0.927 bits per heavy atom. The molecule has 0 aliphatic heterocycles. The first-order valence-electron chi connectivity index (χ1n) is 12.8. The molecule has 0 atom stereocenters. The normalized spacial score (nSPS) is 11.2. The predicted octanol–water partition coefficient (Wildman–Crippen LogP) is 5.46. The Kier molecular flexibility index (Phi) is 9.95. The number of alkyl halides is 3. The lowest BCUT2D eigenvalue weighted by molar-refractivity contribution is -0.274. The van der Waals surface area contributed by atoms with Crippen molar-refractivity contribution in [3.8, 4) is 5.75 Å². The Bertz CT molecular complexity index is 1480. The Morgan fingerprint density at radius 2 is 1.73 bits per heavy atom. The van der Waals surface area contributed by atoms with Gasteiger partial charge < -0.3 is 15.4 Å². The van der Waals surface area contributed by atoms with Crippen LogP contribution in [0, 0.1) is 6.92 Å². The molecule has 214 valence electrons. The number of amides is 2. The number of aryl methyl sites for hydroxylation is 3. The summed E-state index contributed by atoms with van der Waals surface area (Å²) in [5, 5.41) is 14.9. The lowest BCUT2D eigenvalue weighted by Crippen LogP contribution is -2.18. The third-order valence-corrected chi connectivity index (χ3v) is 6.73. The zero-order valence-electron chi connectivity index (χ0n) is 22.1. The van der Waals surface area contributed by atoms with Crippen molar-refractivity contribution < 1.29 is 27.5 Å². The molecule has 13 heteroatoms. The van der Waals surface area contributed by atoms with E-state index < -0.39 is 12.3 Å². The maximum absolute atomic E-state index is 12.4. The van der Waals surface area contributed by atoms with Crippen molar-refractivity contribution in [2.24, 2.45) is 0 Å². The Balaban J connectivity index is 1.19. The number of halogens is 3. The molecule has 3 heterocycles. The first-order valence-corrected chi connectivity index (χ1v) is 13.6. The molecule has 1 aromatic carbocycles. The molecule has 9 nitrogen and oxygen atoms in total. The van der Waals surface area contributed by atoms with Crippen molar-refractivity contribution >= 4 is 34.1 Å². The van der Waals surface area contributed by atoms with Gasteiger partial charge in [-0.05, 0) is 67.6 Å². The summed E-state index contributed by atoms with van der Waals surface area (Å²) in [6, 6.07) is 14.3. The molecule has 0 unspecified atom stereocenters. The van der Waals surface area contributed by atoms with Crippen molar-refractivity contribution in [1.82, 2.24) is 20.2 Å². The number of nitrogens with zero attached hydrogens (tertiary/aromatic N) is 4. The van der Waals surface area contributed by atoms with Crippen LogP contribution in [0.3, 0.4) is 0 Å². The molecule has 0 bridgehead atoms. The number of unbranched alkanes of at least 4 members (excludes halogenated alkanes) is 1. The van der Waals surface area contributed by atoms with E-state index in [2.05, 4.69) is 35.5 Å². The van der Waals surface area contributed by atoms with Gasteiger partial charge in [0.1, 0.15) is 16.6 Å². The number of carbonyl (C=O) groups excluding carboxylic acids is 2. The number of carbonyl (C=O) groups is 2. The highest BCUT2D eigenvalue weighted by molar-refractivity contribution is 7.15. The summed E-state index contributed by atoms with van der Waals surface area (Å²) in [5.74, 6) is -0.613. The third-order valence-electron chi connectivity index (χ3n) is 5.83. The molecule has 4 aromatic rings. The molecule has 2 N–H and O–H groups in total. The van der Waals surface area contributed by atoms with Gasteiger partial charge in [-0.25, -0.2) is 4.98 Å². The van der Waals surface area contributed by atoms with E-state index >= 15 is 0 Å². The third kappa shape index (κ3) is 9.94. The monoisotopic (exact) mass is 584 g/mol. The minimum atomic E-state index is -4.80. The van der Waals surface area contributed by atoms with Crippen LogP contribution in [0.25, 0.3) is 0 Å². The molecule has 0 spiro atoms. The number of ether oxygens (including phenoxy) is 1. The van der Waals surface area contributed by atoms with Crippen LogP contribution < -0.4 is 15.4 Å². The SMILES string of the molecule is Cc1nc(NC(=O)Cc2cccc(OC(F)(F)F)c2)ccc1CCCCc1nnc(NC(=O)Cc2ccccn2)s1. The van der Waals surface area contributed by atoms with Crippen LogP contribution in [0.1, 0.15) is 40.4 Å². The van der Waals surface area contributed by atoms with E-state index in [4.69, 9.17) is 0 Å². The minimum absolute atomic E-state index is 0.126. The molecule has 41 heavy (non-hydrogen) atoms. The summed E-state index contributed by atoms with van der Waals surface area (Å²) in [6.07, 6.45) is 0.139. The maximum atomic E-state index is 12.4. The van der Waals surface area contributed by atoms with Crippen molar-refractivity contribution in [3.63, 3.8) is 0 Å². The van der Waals surface area contributed by atoms with Crippen molar-refractivity contribution in [2.45, 2.75) is 51.8 Å². The van der Waals surface area contributed by atoms with Crippen LogP contribution in [-0.2, 0) is 35.3 Å². The number of hydrogen-bond acceptors (Lipinski definition) is 8. The van der Waals surface area contributed by atoms with Crippen LogP contribution in [0.5, 0.6) is 5.75 Å². The molecule has 2 amide bonds. The van der Waals surface area contributed by atoms with E-state index in [0.29, 0.717) is 22.2 Å². The molecule has 0 aliphatic carbocycles. The summed E-state index contributed by atoms with van der Waals surface area (Å²) >= 11 is 1.35. The summed E-state index contributed by atoms with van der Waals surface area (Å²) in [5.41, 5.74) is 2.88. The average Bonchev–Trinajstić information content (AvgIpc) is 3.34. The lowest BCUT2D eigenvalue weighted by atomic mass is 10.1. The fraction of sp³-hybridized carbons (Fsp3) is 0.286. The van der Waals surface area contributed by atoms with Crippen LogP contribution in [0.4, 0.5) is 24.1 Å². The number of aromatic nitrogens is 4. The average molecular weight is 585 g/mol. The van der Waals surface area contributed by atoms with E-state index in [-0.39, 0.29) is 24.5 Å². The first-order chi connectivity index (χ1) is 19.6. The van der Waals surface area contributed by atoms with Crippen molar-refractivity contribution in [2.75, 3.05) is 10.6 Å². The van der Waals surface area contributed by atoms with Gasteiger partial charge in [-0.3, -0.25) is 14.6 Å². The summed E-state index contributed by atoms with van der Waals surface area (Å²) in [6.45, 7) is 1.85. The quantitative estimate of drug-likeness (QED) is 0.212. The largest absolute Gasteiger partial charge is 0.573 e. The number of rotatable bonds is 12. The zero-order chi connectivity index (χ0) is 29.2. The number of pyridine rings is 2. The van der Waals surface area contributed by atoms with E-state index in [1.54, 1.807) is 30.5 Å². The predicted molar refractivity (Wildman–Crippen MR) is 148 cm³/mol. The Labute approximate surface area is 238 Å². The van der Waals surface area contributed by atoms with Gasteiger partial charge in [-0.15, -0.1) is 23.4 Å². The number of hydrogen-bond donors (Lipinski definition) is 2. The van der Waals surface area contributed by atoms with Crippen LogP contribution >= 0.6 is 11.3 Å². The topological polar surface area (TPSA) is 119 Å². The van der Waals surface area contributed by atoms with Crippen molar-refractivity contribution in [3.05, 3.63) is 88.3 Å². The van der Waals surface area contributed by atoms with Gasteiger partial charge in [0.25, 0.3) is 0 Å². The molecule has 4 rings (SSSR count). The van der Waals surface area contributed by atoms with Gasteiger partial charge in [-0.1, -0.05) is 35.6 Å². The molecule has 3 aromatic heterocycles. The van der Waals surface area contributed by atoms with E-state index in [9.17, 15) is 22.8 Å².